The van der Waals surface area contributed by atoms with Gasteiger partial charge in [-0.05, 0) is 45.4 Å². The van der Waals surface area contributed by atoms with E-state index >= 15 is 0 Å². The Kier molecular flexibility index (Phi) is 3.80. The molecule has 0 saturated carbocycles. The molecular formula is C14H19ClN4. The van der Waals surface area contributed by atoms with E-state index in [4.69, 9.17) is 11.6 Å². The highest BCUT2D eigenvalue weighted by Gasteiger charge is 2.14. The van der Waals surface area contributed by atoms with E-state index in [0.717, 1.165) is 22.0 Å². The molecule has 2 rings (SSSR count). The molecule has 0 aliphatic rings. The molecule has 0 radical (unpaired) electrons. The molecule has 0 aliphatic heterocycles. The molecule has 0 saturated heterocycles. The van der Waals surface area contributed by atoms with Gasteiger partial charge in [-0.2, -0.15) is 0 Å². The second-order valence-electron chi connectivity index (χ2n) is 5.64. The smallest absolute Gasteiger partial charge is 0.102 e. The maximum atomic E-state index is 6.09. The number of aryl methyl sites for hydroxylation is 1. The van der Waals surface area contributed by atoms with E-state index in [0.29, 0.717) is 6.54 Å². The minimum atomic E-state index is -0.0432. The summed E-state index contributed by atoms with van der Waals surface area (Å²) in [6.45, 7) is 8.91. The largest absolute Gasteiger partial charge is 0.379 e. The summed E-state index contributed by atoms with van der Waals surface area (Å²) >= 11 is 6.09. The van der Waals surface area contributed by atoms with Gasteiger partial charge in [0.25, 0.3) is 0 Å². The van der Waals surface area contributed by atoms with E-state index in [1.807, 2.05) is 36.0 Å². The lowest BCUT2D eigenvalue weighted by molar-refractivity contribution is 0.347. The Balaban J connectivity index is 2.02. The first-order valence-corrected chi connectivity index (χ1v) is 6.66. The van der Waals surface area contributed by atoms with Crippen LogP contribution >= 0.6 is 11.6 Å². The third-order valence-electron chi connectivity index (χ3n) is 2.87. The molecule has 19 heavy (non-hydrogen) atoms. The first kappa shape index (κ1) is 13.9. The van der Waals surface area contributed by atoms with Crippen LogP contribution < -0.4 is 5.32 Å². The van der Waals surface area contributed by atoms with Crippen molar-refractivity contribution in [2.75, 3.05) is 5.32 Å². The molecule has 2 aromatic rings. The van der Waals surface area contributed by atoms with E-state index in [-0.39, 0.29) is 5.54 Å². The van der Waals surface area contributed by atoms with Gasteiger partial charge in [-0.1, -0.05) is 22.9 Å². The fourth-order valence-corrected chi connectivity index (χ4v) is 1.78. The molecular weight excluding hydrogens is 260 g/mol. The second kappa shape index (κ2) is 5.21. The van der Waals surface area contributed by atoms with E-state index in [1.54, 1.807) is 0 Å². The molecule has 1 aromatic carbocycles. The highest BCUT2D eigenvalue weighted by molar-refractivity contribution is 6.31. The number of anilines is 1. The Hall–Kier alpha value is -1.55. The molecule has 0 amide bonds. The third-order valence-corrected chi connectivity index (χ3v) is 3.28. The molecule has 0 atom stereocenters. The van der Waals surface area contributed by atoms with Crippen molar-refractivity contribution in [3.8, 4) is 0 Å². The highest BCUT2D eigenvalue weighted by Crippen LogP contribution is 2.20. The van der Waals surface area contributed by atoms with Crippen LogP contribution in [0.25, 0.3) is 0 Å². The Morgan fingerprint density at radius 3 is 2.63 bits per heavy atom. The van der Waals surface area contributed by atoms with Crippen molar-refractivity contribution in [3.05, 3.63) is 40.7 Å². The van der Waals surface area contributed by atoms with E-state index in [1.165, 1.54) is 0 Å². The van der Waals surface area contributed by atoms with Crippen LogP contribution in [0.4, 0.5) is 5.69 Å². The summed E-state index contributed by atoms with van der Waals surface area (Å²) in [4.78, 5) is 0. The summed E-state index contributed by atoms with van der Waals surface area (Å²) in [6.07, 6.45) is 1.96. The highest BCUT2D eigenvalue weighted by atomic mass is 35.5. The average molecular weight is 279 g/mol. The van der Waals surface area contributed by atoms with Gasteiger partial charge in [0.1, 0.15) is 5.69 Å². The molecule has 0 bridgehead atoms. The van der Waals surface area contributed by atoms with Crippen molar-refractivity contribution in [3.63, 3.8) is 0 Å². The molecule has 0 fully saturated rings. The molecule has 0 spiro atoms. The molecule has 4 nitrogen and oxygen atoms in total. The summed E-state index contributed by atoms with van der Waals surface area (Å²) in [6, 6.07) is 5.93. The number of nitrogens with one attached hydrogen (secondary N) is 1. The number of rotatable bonds is 3. The van der Waals surface area contributed by atoms with Gasteiger partial charge in [-0.3, -0.25) is 0 Å². The van der Waals surface area contributed by atoms with Crippen molar-refractivity contribution >= 4 is 17.3 Å². The topological polar surface area (TPSA) is 42.7 Å². The van der Waals surface area contributed by atoms with Crippen LogP contribution in [-0.2, 0) is 12.1 Å². The van der Waals surface area contributed by atoms with E-state index in [2.05, 4.69) is 36.4 Å². The lowest BCUT2D eigenvalue weighted by Crippen LogP contribution is -2.22. The van der Waals surface area contributed by atoms with Crippen LogP contribution in [0.2, 0.25) is 5.02 Å². The Labute approximate surface area is 118 Å². The van der Waals surface area contributed by atoms with Gasteiger partial charge in [-0.25, -0.2) is 4.68 Å². The molecule has 0 unspecified atom stereocenters. The van der Waals surface area contributed by atoms with Gasteiger partial charge in [-0.15, -0.1) is 5.10 Å². The predicted octanol–water partition coefficient (Wildman–Crippen LogP) is 3.61. The van der Waals surface area contributed by atoms with Crippen LogP contribution in [-0.4, -0.2) is 15.0 Å². The normalized spacial score (nSPS) is 11.6. The summed E-state index contributed by atoms with van der Waals surface area (Å²) < 4.78 is 1.87. The average Bonchev–Trinajstić information content (AvgIpc) is 2.79. The van der Waals surface area contributed by atoms with Crippen LogP contribution in [0.3, 0.4) is 0 Å². The summed E-state index contributed by atoms with van der Waals surface area (Å²) in [7, 11) is 0. The van der Waals surface area contributed by atoms with Gasteiger partial charge in [0.05, 0.1) is 18.3 Å². The molecule has 1 aromatic heterocycles. The van der Waals surface area contributed by atoms with Crippen LogP contribution in [0.5, 0.6) is 0 Å². The van der Waals surface area contributed by atoms with Crippen molar-refractivity contribution in [2.45, 2.75) is 39.8 Å². The number of hydrogen-bond acceptors (Lipinski definition) is 3. The van der Waals surface area contributed by atoms with Crippen molar-refractivity contribution < 1.29 is 0 Å². The molecule has 1 N–H and O–H groups in total. The van der Waals surface area contributed by atoms with Gasteiger partial charge in [0, 0.05) is 10.7 Å². The van der Waals surface area contributed by atoms with Gasteiger partial charge < -0.3 is 5.32 Å². The van der Waals surface area contributed by atoms with Crippen molar-refractivity contribution in [2.24, 2.45) is 0 Å². The fraction of sp³-hybridized carbons (Fsp3) is 0.429. The Morgan fingerprint density at radius 1 is 1.32 bits per heavy atom. The lowest BCUT2D eigenvalue weighted by Gasteiger charge is -2.17. The molecule has 0 aliphatic carbocycles. The lowest BCUT2D eigenvalue weighted by atomic mass is 10.1. The minimum absolute atomic E-state index is 0.0432. The quantitative estimate of drug-likeness (QED) is 0.933. The van der Waals surface area contributed by atoms with Gasteiger partial charge >= 0.3 is 0 Å². The number of aromatic nitrogens is 3. The minimum Gasteiger partial charge on any atom is -0.379 e. The maximum absolute atomic E-state index is 6.09. The number of nitrogens with zero attached hydrogens (tertiary/aromatic N) is 3. The third kappa shape index (κ3) is 3.47. The zero-order valence-corrected chi connectivity index (χ0v) is 12.5. The van der Waals surface area contributed by atoms with Crippen molar-refractivity contribution in [1.29, 1.82) is 0 Å². The SMILES string of the molecule is Cc1ccc(NCc2cn(C(C)(C)C)nn2)cc1Cl. The number of benzene rings is 1. The Morgan fingerprint density at radius 2 is 2.05 bits per heavy atom. The molecule has 102 valence electrons. The number of hydrogen-bond donors (Lipinski definition) is 1. The van der Waals surface area contributed by atoms with Crippen molar-refractivity contribution in [1.82, 2.24) is 15.0 Å². The summed E-state index contributed by atoms with van der Waals surface area (Å²) in [5.74, 6) is 0. The zero-order chi connectivity index (χ0) is 14.0. The van der Waals surface area contributed by atoms with E-state index in [9.17, 15) is 0 Å². The molecule has 1 heterocycles. The molecule has 5 heteroatoms. The standard InChI is InChI=1S/C14H19ClN4/c1-10-5-6-11(7-13(10)15)16-8-12-9-19(18-17-12)14(2,3)4/h5-7,9,16H,8H2,1-4H3. The number of halogens is 1. The fourth-order valence-electron chi connectivity index (χ4n) is 1.60. The van der Waals surface area contributed by atoms with E-state index < -0.39 is 0 Å². The zero-order valence-electron chi connectivity index (χ0n) is 11.7. The first-order chi connectivity index (χ1) is 8.86. The second-order valence-corrected chi connectivity index (χ2v) is 6.05. The van der Waals surface area contributed by atoms with Gasteiger partial charge in [0.2, 0.25) is 0 Å². The predicted molar refractivity (Wildman–Crippen MR) is 78.5 cm³/mol. The van der Waals surface area contributed by atoms with Crippen LogP contribution in [0, 0.1) is 6.92 Å². The van der Waals surface area contributed by atoms with Crippen LogP contribution in [0.15, 0.2) is 24.4 Å². The van der Waals surface area contributed by atoms with Crippen LogP contribution in [0.1, 0.15) is 32.0 Å². The van der Waals surface area contributed by atoms with Gasteiger partial charge in [0.15, 0.2) is 0 Å². The summed E-state index contributed by atoms with van der Waals surface area (Å²) in [5.41, 5.74) is 2.93. The Bertz CT molecular complexity index is 569. The maximum Gasteiger partial charge on any atom is 0.102 e. The first-order valence-electron chi connectivity index (χ1n) is 6.28. The summed E-state index contributed by atoms with van der Waals surface area (Å²) in [5, 5.41) is 12.3. The monoisotopic (exact) mass is 278 g/mol.